The molecule has 108 valence electrons. The molecule has 0 fully saturated rings. The molecule has 2 rings (SSSR count). The second kappa shape index (κ2) is 6.51. The molecule has 0 radical (unpaired) electrons. The van der Waals surface area contributed by atoms with E-state index in [4.69, 9.17) is 9.47 Å². The van der Waals surface area contributed by atoms with E-state index in [2.05, 4.69) is 10.3 Å². The molecule has 6 heteroatoms. The molecule has 2 aromatic rings. The van der Waals surface area contributed by atoms with Crippen LogP contribution in [0, 0.1) is 0 Å². The maximum absolute atomic E-state index is 12.1. The van der Waals surface area contributed by atoms with Gasteiger partial charge >= 0.3 is 5.97 Å². The van der Waals surface area contributed by atoms with E-state index in [0.717, 1.165) is 0 Å². The van der Waals surface area contributed by atoms with Gasteiger partial charge in [-0.05, 0) is 30.3 Å². The van der Waals surface area contributed by atoms with Gasteiger partial charge in [0.2, 0.25) is 0 Å². The fourth-order valence-electron chi connectivity index (χ4n) is 1.72. The lowest BCUT2D eigenvalue weighted by Crippen LogP contribution is -2.16. The molecule has 0 atom stereocenters. The molecule has 0 unspecified atom stereocenters. The lowest BCUT2D eigenvalue weighted by Gasteiger charge is -2.11. The first-order chi connectivity index (χ1) is 10.2. The number of hydrogen-bond acceptors (Lipinski definition) is 5. The number of carbonyl (C=O) groups excluding carboxylic acids is 2. The second-order valence-electron chi connectivity index (χ2n) is 4.07. The molecule has 1 aromatic carbocycles. The number of benzene rings is 1. The van der Waals surface area contributed by atoms with Crippen LogP contribution in [0.15, 0.2) is 42.6 Å². The zero-order valence-electron chi connectivity index (χ0n) is 11.6. The molecule has 0 aliphatic rings. The summed E-state index contributed by atoms with van der Waals surface area (Å²) in [5.74, 6) is -0.484. The third kappa shape index (κ3) is 3.36. The van der Waals surface area contributed by atoms with Gasteiger partial charge < -0.3 is 14.8 Å². The Labute approximate surface area is 121 Å². The summed E-state index contributed by atoms with van der Waals surface area (Å²) < 4.78 is 9.76. The summed E-state index contributed by atoms with van der Waals surface area (Å²) in [6, 6.07) is 9.71. The van der Waals surface area contributed by atoms with Gasteiger partial charge in [-0.25, -0.2) is 4.79 Å². The number of rotatable bonds is 4. The average molecular weight is 286 g/mol. The van der Waals surface area contributed by atoms with Crippen LogP contribution >= 0.6 is 0 Å². The van der Waals surface area contributed by atoms with Crippen molar-refractivity contribution < 1.29 is 19.1 Å². The molecule has 0 spiro atoms. The third-order valence-corrected chi connectivity index (χ3v) is 2.78. The van der Waals surface area contributed by atoms with Gasteiger partial charge in [0.25, 0.3) is 5.91 Å². The van der Waals surface area contributed by atoms with E-state index in [1.165, 1.54) is 26.5 Å². The Balaban J connectivity index is 2.31. The van der Waals surface area contributed by atoms with Crippen LogP contribution < -0.4 is 10.1 Å². The zero-order chi connectivity index (χ0) is 15.2. The van der Waals surface area contributed by atoms with Gasteiger partial charge in [0.15, 0.2) is 0 Å². The van der Waals surface area contributed by atoms with E-state index in [-0.39, 0.29) is 11.3 Å². The van der Waals surface area contributed by atoms with Crippen molar-refractivity contribution >= 4 is 17.6 Å². The van der Waals surface area contributed by atoms with Crippen molar-refractivity contribution in [2.75, 3.05) is 19.5 Å². The van der Waals surface area contributed by atoms with Crippen LogP contribution in [-0.4, -0.2) is 31.1 Å². The highest BCUT2D eigenvalue weighted by molar-refractivity contribution is 6.07. The lowest BCUT2D eigenvalue weighted by molar-refractivity contribution is 0.0601. The molecule has 1 aromatic heterocycles. The van der Waals surface area contributed by atoms with Gasteiger partial charge in [-0.3, -0.25) is 9.78 Å². The van der Waals surface area contributed by atoms with Crippen LogP contribution in [0.2, 0.25) is 0 Å². The molecule has 21 heavy (non-hydrogen) atoms. The summed E-state index contributed by atoms with van der Waals surface area (Å²) in [6.07, 6.45) is 1.52. The van der Waals surface area contributed by atoms with Crippen molar-refractivity contribution in [1.29, 1.82) is 0 Å². The van der Waals surface area contributed by atoms with Gasteiger partial charge in [-0.15, -0.1) is 0 Å². The molecule has 1 N–H and O–H groups in total. The van der Waals surface area contributed by atoms with Crippen LogP contribution in [0.4, 0.5) is 5.69 Å². The molecule has 6 nitrogen and oxygen atoms in total. The van der Waals surface area contributed by atoms with E-state index in [0.29, 0.717) is 11.4 Å². The Hall–Kier alpha value is -2.89. The number of nitrogens with zero attached hydrogens (tertiary/aromatic N) is 1. The summed E-state index contributed by atoms with van der Waals surface area (Å²) in [4.78, 5) is 27.8. The standard InChI is InChI=1S/C15H14N2O4/c1-20-10-6-7-12(11(9-10)15(19)21-2)17-14(18)13-5-3-4-8-16-13/h3-9H,1-2H3,(H,17,18). The zero-order valence-corrected chi connectivity index (χ0v) is 11.6. The van der Waals surface area contributed by atoms with E-state index in [1.54, 1.807) is 30.3 Å². The first-order valence-electron chi connectivity index (χ1n) is 6.14. The number of aromatic nitrogens is 1. The van der Waals surface area contributed by atoms with Gasteiger partial charge in [0.1, 0.15) is 11.4 Å². The second-order valence-corrected chi connectivity index (χ2v) is 4.07. The van der Waals surface area contributed by atoms with E-state index >= 15 is 0 Å². The molecule has 0 aliphatic heterocycles. The Morgan fingerprint density at radius 1 is 1.14 bits per heavy atom. The largest absolute Gasteiger partial charge is 0.497 e. The summed E-state index contributed by atoms with van der Waals surface area (Å²) in [6.45, 7) is 0. The smallest absolute Gasteiger partial charge is 0.340 e. The Morgan fingerprint density at radius 2 is 1.95 bits per heavy atom. The molecule has 0 bridgehead atoms. The van der Waals surface area contributed by atoms with Crippen molar-refractivity contribution in [1.82, 2.24) is 4.98 Å². The predicted molar refractivity (Wildman–Crippen MR) is 76.5 cm³/mol. The third-order valence-electron chi connectivity index (χ3n) is 2.78. The fourth-order valence-corrected chi connectivity index (χ4v) is 1.72. The van der Waals surface area contributed by atoms with Crippen molar-refractivity contribution in [2.45, 2.75) is 0 Å². The van der Waals surface area contributed by atoms with E-state index in [9.17, 15) is 9.59 Å². The maximum atomic E-state index is 12.1. The quantitative estimate of drug-likeness (QED) is 0.871. The highest BCUT2D eigenvalue weighted by atomic mass is 16.5. The monoisotopic (exact) mass is 286 g/mol. The molecule has 0 saturated carbocycles. The summed E-state index contributed by atoms with van der Waals surface area (Å²) in [7, 11) is 2.76. The topological polar surface area (TPSA) is 77.5 Å². The number of pyridine rings is 1. The Bertz CT molecular complexity index is 656. The van der Waals surface area contributed by atoms with Crippen molar-refractivity contribution in [3.05, 3.63) is 53.9 Å². The normalized spacial score (nSPS) is 9.81. The number of hydrogen-bond donors (Lipinski definition) is 1. The van der Waals surface area contributed by atoms with Gasteiger partial charge in [-0.1, -0.05) is 6.07 Å². The lowest BCUT2D eigenvalue weighted by atomic mass is 10.1. The predicted octanol–water partition coefficient (Wildman–Crippen LogP) is 2.13. The molecule has 1 heterocycles. The first kappa shape index (κ1) is 14.5. The van der Waals surface area contributed by atoms with Crippen LogP contribution in [-0.2, 0) is 4.74 Å². The van der Waals surface area contributed by atoms with Crippen LogP contribution in [0.3, 0.4) is 0 Å². The highest BCUT2D eigenvalue weighted by Crippen LogP contribution is 2.23. The van der Waals surface area contributed by atoms with Crippen LogP contribution in [0.5, 0.6) is 5.75 Å². The average Bonchev–Trinajstić information content (AvgIpc) is 2.55. The van der Waals surface area contributed by atoms with Crippen LogP contribution in [0.25, 0.3) is 0 Å². The van der Waals surface area contributed by atoms with Crippen molar-refractivity contribution in [2.24, 2.45) is 0 Å². The number of anilines is 1. The Morgan fingerprint density at radius 3 is 2.57 bits per heavy atom. The minimum Gasteiger partial charge on any atom is -0.497 e. The summed E-state index contributed by atoms with van der Waals surface area (Å²) in [5.41, 5.74) is 0.795. The Kier molecular flexibility index (Phi) is 4.50. The SMILES string of the molecule is COC(=O)c1cc(OC)ccc1NC(=O)c1ccccn1. The number of nitrogens with one attached hydrogen (secondary N) is 1. The molecular formula is C15H14N2O4. The van der Waals surface area contributed by atoms with Crippen LogP contribution in [0.1, 0.15) is 20.8 Å². The summed E-state index contributed by atoms with van der Waals surface area (Å²) >= 11 is 0. The van der Waals surface area contributed by atoms with Gasteiger partial charge in [-0.2, -0.15) is 0 Å². The molecule has 0 aliphatic carbocycles. The number of carbonyl (C=O) groups is 2. The minimum atomic E-state index is -0.565. The highest BCUT2D eigenvalue weighted by Gasteiger charge is 2.16. The van der Waals surface area contributed by atoms with Crippen molar-refractivity contribution in [3.63, 3.8) is 0 Å². The van der Waals surface area contributed by atoms with E-state index < -0.39 is 11.9 Å². The fraction of sp³-hybridized carbons (Fsp3) is 0.133. The van der Waals surface area contributed by atoms with Crippen molar-refractivity contribution in [3.8, 4) is 5.75 Å². The summed E-state index contributed by atoms with van der Waals surface area (Å²) in [5, 5.41) is 2.64. The maximum Gasteiger partial charge on any atom is 0.340 e. The van der Waals surface area contributed by atoms with Gasteiger partial charge in [0, 0.05) is 6.20 Å². The molecule has 1 amide bonds. The molecule has 0 saturated heterocycles. The number of methoxy groups -OCH3 is 2. The molecular weight excluding hydrogens is 272 g/mol. The minimum absolute atomic E-state index is 0.209. The van der Waals surface area contributed by atoms with E-state index in [1.807, 2.05) is 0 Å². The first-order valence-corrected chi connectivity index (χ1v) is 6.14. The number of ether oxygens (including phenoxy) is 2. The number of amides is 1. The van der Waals surface area contributed by atoms with Gasteiger partial charge in [0.05, 0.1) is 25.5 Å². The number of esters is 1.